The highest BCUT2D eigenvalue weighted by atomic mass is 32.2. The number of hydrogen-bond donors (Lipinski definition) is 0. The molecule has 6 heteroatoms. The summed E-state index contributed by atoms with van der Waals surface area (Å²) in [4.78, 5) is 14.2. The van der Waals surface area contributed by atoms with E-state index in [1.54, 1.807) is 11.2 Å². The lowest BCUT2D eigenvalue weighted by molar-refractivity contribution is 0.0971. The monoisotopic (exact) mass is 324 g/mol. The van der Waals surface area contributed by atoms with Crippen molar-refractivity contribution in [2.45, 2.75) is 19.8 Å². The number of nitrogens with zero attached hydrogens (tertiary/aromatic N) is 2. The summed E-state index contributed by atoms with van der Waals surface area (Å²) < 4.78 is 25.1. The first-order chi connectivity index (χ1) is 10.5. The van der Waals surface area contributed by atoms with E-state index >= 15 is 0 Å². The van der Waals surface area contributed by atoms with Crippen molar-refractivity contribution < 1.29 is 13.2 Å². The number of Topliss-reactive ketones (excluding diaryl/α,β-unsaturated/α-hetero) is 1. The van der Waals surface area contributed by atoms with Crippen molar-refractivity contribution in [1.29, 1.82) is 0 Å². The average Bonchev–Trinajstić information content (AvgIpc) is 2.56. The highest BCUT2D eigenvalue weighted by Gasteiger charge is 2.25. The summed E-state index contributed by atoms with van der Waals surface area (Å²) in [5.74, 6) is 0.339. The van der Waals surface area contributed by atoms with Gasteiger partial charge in [0.25, 0.3) is 0 Å². The van der Waals surface area contributed by atoms with Crippen molar-refractivity contribution in [3.8, 4) is 0 Å². The van der Waals surface area contributed by atoms with E-state index in [0.717, 1.165) is 31.6 Å². The molecule has 0 amide bonds. The molecule has 0 unspecified atom stereocenters. The Hall–Kier alpha value is -1.24. The zero-order valence-corrected chi connectivity index (χ0v) is 13.9. The quantitative estimate of drug-likeness (QED) is 0.715. The number of carbonyl (C=O) groups excluding carboxylic acids is 1. The predicted molar refractivity (Wildman–Crippen MR) is 87.5 cm³/mol. The molecule has 1 aromatic carbocycles. The van der Waals surface area contributed by atoms with E-state index in [1.165, 1.54) is 0 Å². The molecule has 0 N–H and O–H groups in total. The van der Waals surface area contributed by atoms with Crippen LogP contribution in [0.3, 0.4) is 0 Å². The number of sulfonamides is 1. The Kier molecular flexibility index (Phi) is 6.11. The smallest absolute Gasteiger partial charge is 0.213 e. The lowest BCUT2D eigenvalue weighted by Gasteiger charge is -2.33. The summed E-state index contributed by atoms with van der Waals surface area (Å²) >= 11 is 0. The van der Waals surface area contributed by atoms with Gasteiger partial charge in [0.05, 0.1) is 5.75 Å². The molecule has 22 heavy (non-hydrogen) atoms. The van der Waals surface area contributed by atoms with Gasteiger partial charge >= 0.3 is 0 Å². The highest BCUT2D eigenvalue weighted by Crippen LogP contribution is 2.10. The standard InChI is InChI=1S/C16H24N2O3S/c1-2-22(20,21)18-13-11-17(12-14-18)10-6-9-16(19)15-7-4-3-5-8-15/h3-5,7-8H,2,6,9-14H2,1H3. The minimum Gasteiger partial charge on any atom is -0.301 e. The van der Waals surface area contributed by atoms with Crippen molar-refractivity contribution in [3.05, 3.63) is 35.9 Å². The summed E-state index contributed by atoms with van der Waals surface area (Å²) in [5, 5.41) is 0. The van der Waals surface area contributed by atoms with Crippen LogP contribution >= 0.6 is 0 Å². The van der Waals surface area contributed by atoms with Crippen LogP contribution in [-0.4, -0.2) is 61.9 Å². The fourth-order valence-corrected chi connectivity index (χ4v) is 3.73. The van der Waals surface area contributed by atoms with Gasteiger partial charge in [0.2, 0.25) is 10.0 Å². The maximum Gasteiger partial charge on any atom is 0.213 e. The molecule has 122 valence electrons. The summed E-state index contributed by atoms with van der Waals surface area (Å²) in [6, 6.07) is 9.34. The Balaban J connectivity index is 1.70. The molecule has 1 aliphatic rings. The van der Waals surface area contributed by atoms with E-state index in [-0.39, 0.29) is 11.5 Å². The molecule has 0 aromatic heterocycles. The van der Waals surface area contributed by atoms with Crippen LogP contribution in [0.1, 0.15) is 30.1 Å². The highest BCUT2D eigenvalue weighted by molar-refractivity contribution is 7.89. The zero-order valence-electron chi connectivity index (χ0n) is 13.1. The molecule has 0 atom stereocenters. The molecule has 1 heterocycles. The SMILES string of the molecule is CCS(=O)(=O)N1CCN(CCCC(=O)c2ccccc2)CC1. The van der Waals surface area contributed by atoms with Crippen molar-refractivity contribution >= 4 is 15.8 Å². The fourth-order valence-electron chi connectivity index (χ4n) is 2.65. The normalized spacial score (nSPS) is 17.5. The van der Waals surface area contributed by atoms with Gasteiger partial charge in [-0.2, -0.15) is 4.31 Å². The molecule has 5 nitrogen and oxygen atoms in total. The molecule has 1 aromatic rings. The van der Waals surface area contributed by atoms with Crippen LogP contribution in [0.4, 0.5) is 0 Å². The number of benzene rings is 1. The Labute approximate surface area is 133 Å². The third kappa shape index (κ3) is 4.63. The summed E-state index contributed by atoms with van der Waals surface area (Å²) in [5.41, 5.74) is 0.765. The van der Waals surface area contributed by atoms with Crippen LogP contribution in [-0.2, 0) is 10.0 Å². The lowest BCUT2D eigenvalue weighted by atomic mass is 10.1. The molecule has 1 saturated heterocycles. The number of ketones is 1. The van der Waals surface area contributed by atoms with Gasteiger partial charge in [0.1, 0.15) is 0 Å². The number of carbonyl (C=O) groups is 1. The molecule has 0 bridgehead atoms. The summed E-state index contributed by atoms with van der Waals surface area (Å²) in [6.07, 6.45) is 1.35. The molecule has 0 aliphatic carbocycles. The minimum atomic E-state index is -3.06. The minimum absolute atomic E-state index is 0.165. The average molecular weight is 324 g/mol. The number of piperazine rings is 1. The molecule has 0 radical (unpaired) electrons. The molecule has 2 rings (SSSR count). The van der Waals surface area contributed by atoms with Gasteiger partial charge in [0.15, 0.2) is 5.78 Å². The first-order valence-electron chi connectivity index (χ1n) is 7.81. The van der Waals surface area contributed by atoms with E-state index in [9.17, 15) is 13.2 Å². The van der Waals surface area contributed by atoms with Gasteiger partial charge in [-0.1, -0.05) is 30.3 Å². The number of rotatable bonds is 7. The first kappa shape index (κ1) is 17.1. The Morgan fingerprint density at radius 1 is 1.09 bits per heavy atom. The Morgan fingerprint density at radius 3 is 2.32 bits per heavy atom. The van der Waals surface area contributed by atoms with Crippen LogP contribution in [0.15, 0.2) is 30.3 Å². The Bertz CT molecular complexity index is 579. The van der Waals surface area contributed by atoms with E-state index in [4.69, 9.17) is 0 Å². The fraction of sp³-hybridized carbons (Fsp3) is 0.562. The summed E-state index contributed by atoms with van der Waals surface area (Å²) in [7, 11) is -3.06. The van der Waals surface area contributed by atoms with Gasteiger partial charge < -0.3 is 4.90 Å². The second-order valence-electron chi connectivity index (χ2n) is 5.53. The molecule has 1 fully saturated rings. The maximum atomic E-state index is 12.0. The van der Waals surface area contributed by atoms with Crippen molar-refractivity contribution in [2.75, 3.05) is 38.5 Å². The molecule has 1 aliphatic heterocycles. The van der Waals surface area contributed by atoms with E-state index in [0.29, 0.717) is 19.5 Å². The van der Waals surface area contributed by atoms with Crippen LogP contribution in [0, 0.1) is 0 Å². The van der Waals surface area contributed by atoms with Crippen LogP contribution in [0.25, 0.3) is 0 Å². The second-order valence-corrected chi connectivity index (χ2v) is 7.79. The third-order valence-corrected chi connectivity index (χ3v) is 5.94. The maximum absolute atomic E-state index is 12.0. The Morgan fingerprint density at radius 2 is 1.73 bits per heavy atom. The van der Waals surface area contributed by atoms with E-state index in [2.05, 4.69) is 4.90 Å². The first-order valence-corrected chi connectivity index (χ1v) is 9.42. The van der Waals surface area contributed by atoms with Crippen LogP contribution in [0.5, 0.6) is 0 Å². The molecular formula is C16H24N2O3S. The van der Waals surface area contributed by atoms with E-state index < -0.39 is 10.0 Å². The van der Waals surface area contributed by atoms with Gasteiger partial charge in [-0.3, -0.25) is 4.79 Å². The number of hydrogen-bond acceptors (Lipinski definition) is 4. The van der Waals surface area contributed by atoms with Gasteiger partial charge in [-0.05, 0) is 19.9 Å². The zero-order chi connectivity index (χ0) is 16.0. The van der Waals surface area contributed by atoms with E-state index in [1.807, 2.05) is 30.3 Å². The van der Waals surface area contributed by atoms with Crippen LogP contribution < -0.4 is 0 Å². The largest absolute Gasteiger partial charge is 0.301 e. The second kappa shape index (κ2) is 7.85. The van der Waals surface area contributed by atoms with Gasteiger partial charge in [-0.25, -0.2) is 8.42 Å². The van der Waals surface area contributed by atoms with Gasteiger partial charge in [0, 0.05) is 38.2 Å². The molecular weight excluding hydrogens is 300 g/mol. The van der Waals surface area contributed by atoms with Crippen molar-refractivity contribution in [1.82, 2.24) is 9.21 Å². The molecule has 0 spiro atoms. The lowest BCUT2D eigenvalue weighted by Crippen LogP contribution is -2.49. The molecule has 0 saturated carbocycles. The van der Waals surface area contributed by atoms with Crippen molar-refractivity contribution in [3.63, 3.8) is 0 Å². The van der Waals surface area contributed by atoms with Gasteiger partial charge in [-0.15, -0.1) is 0 Å². The predicted octanol–water partition coefficient (Wildman–Crippen LogP) is 1.62. The van der Waals surface area contributed by atoms with Crippen LogP contribution in [0.2, 0.25) is 0 Å². The third-order valence-electron chi connectivity index (χ3n) is 4.06. The summed E-state index contributed by atoms with van der Waals surface area (Å²) in [6.45, 7) is 5.14. The van der Waals surface area contributed by atoms with Crippen molar-refractivity contribution in [2.24, 2.45) is 0 Å². The topological polar surface area (TPSA) is 57.7 Å².